The lowest BCUT2D eigenvalue weighted by Crippen LogP contribution is -2.58. The largest absolute Gasteiger partial charge is 0.497 e. The van der Waals surface area contributed by atoms with Gasteiger partial charge in [-0.3, -0.25) is 0 Å². The van der Waals surface area contributed by atoms with Crippen molar-refractivity contribution in [3.8, 4) is 5.75 Å². The van der Waals surface area contributed by atoms with Gasteiger partial charge >= 0.3 is 0 Å². The first kappa shape index (κ1) is 10.1. The molecule has 2 fully saturated rings. The Labute approximate surface area is 100.0 Å². The summed E-state index contributed by atoms with van der Waals surface area (Å²) in [4.78, 5) is 3.10. The lowest BCUT2D eigenvalue weighted by atomic mass is 9.95. The molecule has 3 nitrogen and oxygen atoms in total. The molecule has 2 aliphatic rings. The summed E-state index contributed by atoms with van der Waals surface area (Å²) >= 11 is 5.40. The Kier molecular flexibility index (Phi) is 2.33. The molecular formula is C12H13NO2S. The molecule has 2 aliphatic heterocycles. The van der Waals surface area contributed by atoms with Crippen LogP contribution < -0.4 is 9.64 Å². The van der Waals surface area contributed by atoms with Crippen molar-refractivity contribution in [2.75, 3.05) is 18.6 Å². The molecule has 0 saturated carbocycles. The van der Waals surface area contributed by atoms with Crippen molar-refractivity contribution in [2.45, 2.75) is 12.6 Å². The van der Waals surface area contributed by atoms with Crippen molar-refractivity contribution in [3.63, 3.8) is 0 Å². The molecule has 4 heteroatoms. The molecule has 0 aromatic heterocycles. The smallest absolute Gasteiger partial charge is 0.144 e. The van der Waals surface area contributed by atoms with Gasteiger partial charge in [-0.15, -0.1) is 0 Å². The lowest BCUT2D eigenvalue weighted by molar-refractivity contribution is 0.0932. The molecule has 0 amide bonds. The van der Waals surface area contributed by atoms with Crippen molar-refractivity contribution < 1.29 is 9.47 Å². The number of thiocarbonyl (C=S) groups is 1. The number of anilines is 1. The van der Waals surface area contributed by atoms with E-state index in [9.17, 15) is 0 Å². The second-order valence-corrected chi connectivity index (χ2v) is 4.48. The second kappa shape index (κ2) is 3.71. The summed E-state index contributed by atoms with van der Waals surface area (Å²) in [6.45, 7) is 0.822. The number of nitrogens with zero attached hydrogens (tertiary/aromatic N) is 1. The summed E-state index contributed by atoms with van der Waals surface area (Å²) in [7, 11) is 1.67. The van der Waals surface area contributed by atoms with E-state index in [4.69, 9.17) is 21.7 Å². The minimum absolute atomic E-state index is 0.167. The lowest BCUT2D eigenvalue weighted by Gasteiger charge is -2.45. The van der Waals surface area contributed by atoms with Crippen LogP contribution >= 0.6 is 12.2 Å². The Morgan fingerprint density at radius 2 is 2.12 bits per heavy atom. The highest BCUT2D eigenvalue weighted by atomic mass is 32.1. The molecular weight excluding hydrogens is 222 g/mol. The van der Waals surface area contributed by atoms with Crippen molar-refractivity contribution in [1.29, 1.82) is 0 Å². The number of methoxy groups -OCH3 is 1. The number of fused-ring (bicyclic) bond motifs is 1. The standard InChI is InChI=1S/C12H13NO2S/c1-14-9-4-2-8(3-5-9)13-11-10(12(13)16)6-7-15-11/h2-5,10-11H,6-7H2,1H3. The molecule has 1 aromatic carbocycles. The number of benzene rings is 1. The van der Waals surface area contributed by atoms with Gasteiger partial charge < -0.3 is 14.4 Å². The van der Waals surface area contributed by atoms with Crippen LogP contribution in [0.2, 0.25) is 0 Å². The molecule has 2 atom stereocenters. The van der Waals surface area contributed by atoms with Gasteiger partial charge in [0.05, 0.1) is 24.6 Å². The number of hydrogen-bond donors (Lipinski definition) is 0. The molecule has 1 aromatic rings. The Hall–Kier alpha value is -1.13. The summed E-state index contributed by atoms with van der Waals surface area (Å²) in [6, 6.07) is 7.92. The van der Waals surface area contributed by atoms with Gasteiger partial charge in [0, 0.05) is 5.69 Å². The van der Waals surface area contributed by atoms with Crippen LogP contribution in [0.25, 0.3) is 0 Å². The predicted molar refractivity (Wildman–Crippen MR) is 65.9 cm³/mol. The fraction of sp³-hybridized carbons (Fsp3) is 0.417. The minimum Gasteiger partial charge on any atom is -0.497 e. The van der Waals surface area contributed by atoms with E-state index in [1.165, 1.54) is 0 Å². The highest BCUT2D eigenvalue weighted by Crippen LogP contribution is 2.40. The van der Waals surface area contributed by atoms with Gasteiger partial charge in [0.1, 0.15) is 12.0 Å². The molecule has 2 saturated heterocycles. The summed E-state index contributed by atoms with van der Waals surface area (Å²) < 4.78 is 10.8. The van der Waals surface area contributed by atoms with Crippen LogP contribution in [0.1, 0.15) is 6.42 Å². The third-order valence-electron chi connectivity index (χ3n) is 3.22. The summed E-state index contributed by atoms with van der Waals surface area (Å²) in [5, 5.41) is 0. The highest BCUT2D eigenvalue weighted by Gasteiger charge is 2.48. The summed E-state index contributed by atoms with van der Waals surface area (Å²) in [6.07, 6.45) is 1.23. The maximum absolute atomic E-state index is 5.65. The maximum Gasteiger partial charge on any atom is 0.144 e. The van der Waals surface area contributed by atoms with Crippen LogP contribution in [0, 0.1) is 5.92 Å². The average molecular weight is 235 g/mol. The molecule has 0 N–H and O–H groups in total. The van der Waals surface area contributed by atoms with E-state index in [1.54, 1.807) is 7.11 Å². The Balaban J connectivity index is 1.84. The van der Waals surface area contributed by atoms with Gasteiger partial charge in [-0.25, -0.2) is 0 Å². The minimum atomic E-state index is 0.167. The first-order chi connectivity index (χ1) is 7.81. The third kappa shape index (κ3) is 1.33. The first-order valence-corrected chi connectivity index (χ1v) is 5.81. The van der Waals surface area contributed by atoms with Crippen molar-refractivity contribution >= 4 is 22.9 Å². The van der Waals surface area contributed by atoms with Crippen molar-refractivity contribution in [2.24, 2.45) is 5.92 Å². The van der Waals surface area contributed by atoms with E-state index >= 15 is 0 Å². The topological polar surface area (TPSA) is 21.7 Å². The molecule has 2 unspecified atom stereocenters. The molecule has 3 rings (SSSR count). The monoisotopic (exact) mass is 235 g/mol. The van der Waals surface area contributed by atoms with Gasteiger partial charge in [0.15, 0.2) is 0 Å². The third-order valence-corrected chi connectivity index (χ3v) is 3.72. The van der Waals surface area contributed by atoms with Crippen molar-refractivity contribution in [1.82, 2.24) is 0 Å². The predicted octanol–water partition coefficient (Wildman–Crippen LogP) is 2.21. The Morgan fingerprint density at radius 3 is 2.81 bits per heavy atom. The number of rotatable bonds is 2. The van der Waals surface area contributed by atoms with Crippen molar-refractivity contribution in [3.05, 3.63) is 24.3 Å². The molecule has 0 bridgehead atoms. The van der Waals surface area contributed by atoms with E-state index in [1.807, 2.05) is 24.3 Å². The molecule has 0 spiro atoms. The zero-order valence-electron chi connectivity index (χ0n) is 9.05. The van der Waals surface area contributed by atoms with Gasteiger partial charge in [-0.1, -0.05) is 12.2 Å². The molecule has 16 heavy (non-hydrogen) atoms. The first-order valence-electron chi connectivity index (χ1n) is 5.40. The van der Waals surface area contributed by atoms with E-state index < -0.39 is 0 Å². The van der Waals surface area contributed by atoms with E-state index in [0.29, 0.717) is 5.92 Å². The fourth-order valence-corrected chi connectivity index (χ4v) is 2.76. The maximum atomic E-state index is 5.65. The van der Waals surface area contributed by atoms with Crippen LogP contribution in [0.4, 0.5) is 5.69 Å². The van der Waals surface area contributed by atoms with Crippen LogP contribution in [-0.2, 0) is 4.74 Å². The van der Waals surface area contributed by atoms with Gasteiger partial charge in [-0.05, 0) is 30.7 Å². The Morgan fingerprint density at radius 1 is 1.38 bits per heavy atom. The van der Waals surface area contributed by atoms with Gasteiger partial charge in [0.2, 0.25) is 0 Å². The van der Waals surface area contributed by atoms with Gasteiger partial charge in [-0.2, -0.15) is 0 Å². The zero-order chi connectivity index (χ0) is 11.1. The highest BCUT2D eigenvalue weighted by molar-refractivity contribution is 7.80. The van der Waals surface area contributed by atoms with Crippen LogP contribution in [0.5, 0.6) is 5.75 Å². The summed E-state index contributed by atoms with van der Waals surface area (Å²) in [5.74, 6) is 1.32. The number of hydrogen-bond acceptors (Lipinski definition) is 3. The van der Waals surface area contributed by atoms with E-state index in [0.717, 1.165) is 29.5 Å². The van der Waals surface area contributed by atoms with Crippen LogP contribution in [0.15, 0.2) is 24.3 Å². The average Bonchev–Trinajstić information content (AvgIpc) is 2.74. The fourth-order valence-electron chi connectivity index (χ4n) is 2.31. The molecule has 84 valence electrons. The summed E-state index contributed by atoms with van der Waals surface area (Å²) in [5.41, 5.74) is 1.09. The second-order valence-electron chi connectivity index (χ2n) is 4.06. The Bertz CT molecular complexity index is 418. The molecule has 0 aliphatic carbocycles. The quantitative estimate of drug-likeness (QED) is 0.733. The van der Waals surface area contributed by atoms with E-state index in [-0.39, 0.29) is 6.23 Å². The zero-order valence-corrected chi connectivity index (χ0v) is 9.87. The molecule has 2 heterocycles. The van der Waals surface area contributed by atoms with Crippen LogP contribution in [-0.4, -0.2) is 24.9 Å². The van der Waals surface area contributed by atoms with Crippen LogP contribution in [0.3, 0.4) is 0 Å². The van der Waals surface area contributed by atoms with E-state index in [2.05, 4.69) is 4.90 Å². The molecule has 0 radical (unpaired) electrons. The van der Waals surface area contributed by atoms with Gasteiger partial charge in [0.25, 0.3) is 0 Å². The SMILES string of the molecule is COc1ccc(N2C(=S)C3CCOC32)cc1. The normalized spacial score (nSPS) is 27.6. The number of ether oxygens (including phenoxy) is 2.